The number of furan rings is 1. The summed E-state index contributed by atoms with van der Waals surface area (Å²) >= 11 is 0. The summed E-state index contributed by atoms with van der Waals surface area (Å²) in [7, 11) is 4.59. The van der Waals surface area contributed by atoms with Gasteiger partial charge in [-0.25, -0.2) is 0 Å². The number of hydrogen-bond acceptors (Lipinski definition) is 6. The molecule has 0 radical (unpaired) electrons. The van der Waals surface area contributed by atoms with E-state index in [0.717, 1.165) is 5.56 Å². The van der Waals surface area contributed by atoms with Gasteiger partial charge in [0.15, 0.2) is 11.5 Å². The molecule has 1 amide bonds. The van der Waals surface area contributed by atoms with E-state index in [-0.39, 0.29) is 12.3 Å². The highest BCUT2D eigenvalue weighted by Gasteiger charge is 2.14. The summed E-state index contributed by atoms with van der Waals surface area (Å²) in [6.07, 6.45) is 4.90. The Morgan fingerprint density at radius 1 is 1.22 bits per heavy atom. The molecular weight excluding hydrogens is 348 g/mol. The highest BCUT2D eigenvalue weighted by atomic mass is 16.5. The van der Waals surface area contributed by atoms with Crippen LogP contribution in [0.5, 0.6) is 17.2 Å². The minimum atomic E-state index is -0.226. The molecule has 0 aliphatic heterocycles. The lowest BCUT2D eigenvalue weighted by Crippen LogP contribution is -2.29. The number of hydrogen-bond donors (Lipinski definition) is 0. The first-order valence-corrected chi connectivity index (χ1v) is 8.29. The molecule has 0 fully saturated rings. The van der Waals surface area contributed by atoms with Crippen molar-refractivity contribution in [3.63, 3.8) is 0 Å². The molecule has 2 aromatic rings. The third-order valence-corrected chi connectivity index (χ3v) is 3.84. The summed E-state index contributed by atoms with van der Waals surface area (Å²) in [6, 6.07) is 9.09. The van der Waals surface area contributed by atoms with Crippen LogP contribution >= 0.6 is 0 Å². The van der Waals surface area contributed by atoms with Gasteiger partial charge in [-0.3, -0.25) is 4.79 Å². The van der Waals surface area contributed by atoms with Crippen molar-refractivity contribution in [3.8, 4) is 23.3 Å². The Morgan fingerprint density at radius 2 is 1.93 bits per heavy atom. The number of nitriles is 1. The van der Waals surface area contributed by atoms with E-state index < -0.39 is 0 Å². The second-order valence-corrected chi connectivity index (χ2v) is 5.54. The number of carbonyl (C=O) groups is 1. The molecule has 7 heteroatoms. The van der Waals surface area contributed by atoms with Crippen LogP contribution in [0.15, 0.2) is 41.0 Å². The van der Waals surface area contributed by atoms with Crippen LogP contribution in [0.3, 0.4) is 0 Å². The third-order valence-electron chi connectivity index (χ3n) is 3.84. The first-order valence-electron chi connectivity index (χ1n) is 8.29. The second kappa shape index (κ2) is 9.92. The lowest BCUT2D eigenvalue weighted by molar-refractivity contribution is -0.126. The number of nitrogens with zero attached hydrogens (tertiary/aromatic N) is 2. The van der Waals surface area contributed by atoms with E-state index in [1.54, 1.807) is 41.5 Å². The summed E-state index contributed by atoms with van der Waals surface area (Å²) in [5.41, 5.74) is 0.719. The van der Waals surface area contributed by atoms with E-state index in [1.165, 1.54) is 27.4 Å². The van der Waals surface area contributed by atoms with E-state index in [2.05, 4.69) is 6.07 Å². The van der Waals surface area contributed by atoms with Gasteiger partial charge in [0.2, 0.25) is 11.7 Å². The molecule has 27 heavy (non-hydrogen) atoms. The Labute approximate surface area is 158 Å². The highest BCUT2D eigenvalue weighted by Crippen LogP contribution is 2.38. The maximum absolute atomic E-state index is 12.6. The monoisotopic (exact) mass is 370 g/mol. The highest BCUT2D eigenvalue weighted by molar-refractivity contribution is 5.92. The smallest absolute Gasteiger partial charge is 0.247 e. The molecule has 0 aliphatic carbocycles. The summed E-state index contributed by atoms with van der Waals surface area (Å²) in [4.78, 5) is 14.1. The molecule has 0 saturated heterocycles. The topological polar surface area (TPSA) is 84.9 Å². The maximum atomic E-state index is 12.6. The fourth-order valence-electron chi connectivity index (χ4n) is 2.51. The number of rotatable bonds is 9. The largest absolute Gasteiger partial charge is 0.493 e. The molecule has 1 aromatic heterocycles. The van der Waals surface area contributed by atoms with E-state index in [0.29, 0.717) is 36.1 Å². The van der Waals surface area contributed by atoms with Gasteiger partial charge in [-0.1, -0.05) is 0 Å². The molecular formula is C20H22N2O5. The Kier molecular flexibility index (Phi) is 7.32. The third kappa shape index (κ3) is 5.28. The average Bonchev–Trinajstić information content (AvgIpc) is 3.21. The standard InChI is InChI=1S/C20H22N2O5/c1-24-17-12-15(13-18(25-2)20(17)26-3)7-8-19(23)22(10-5-9-21)14-16-6-4-11-27-16/h4,6-8,11-13H,5,10,14H2,1-3H3/b8-7+. The fourth-order valence-corrected chi connectivity index (χ4v) is 2.51. The number of amides is 1. The van der Waals surface area contributed by atoms with Crippen molar-refractivity contribution < 1.29 is 23.4 Å². The molecule has 0 aliphatic rings. The number of ether oxygens (including phenoxy) is 3. The Balaban J connectivity index is 2.20. The molecule has 0 saturated carbocycles. The van der Waals surface area contributed by atoms with Crippen molar-refractivity contribution in [2.75, 3.05) is 27.9 Å². The Hall–Kier alpha value is -3.40. The maximum Gasteiger partial charge on any atom is 0.247 e. The van der Waals surface area contributed by atoms with Crippen molar-refractivity contribution in [2.24, 2.45) is 0 Å². The van der Waals surface area contributed by atoms with E-state index in [1.807, 2.05) is 0 Å². The van der Waals surface area contributed by atoms with Gasteiger partial charge in [-0.05, 0) is 35.9 Å². The molecule has 1 heterocycles. The molecule has 0 atom stereocenters. The quantitative estimate of drug-likeness (QED) is 0.630. The summed E-state index contributed by atoms with van der Waals surface area (Å²) in [6.45, 7) is 0.614. The minimum Gasteiger partial charge on any atom is -0.493 e. The number of benzene rings is 1. The second-order valence-electron chi connectivity index (χ2n) is 5.54. The van der Waals surface area contributed by atoms with Crippen molar-refractivity contribution in [1.82, 2.24) is 4.90 Å². The molecule has 142 valence electrons. The zero-order valence-corrected chi connectivity index (χ0v) is 15.6. The van der Waals surface area contributed by atoms with Gasteiger partial charge in [0.25, 0.3) is 0 Å². The number of methoxy groups -OCH3 is 3. The van der Waals surface area contributed by atoms with Gasteiger partial charge < -0.3 is 23.5 Å². The van der Waals surface area contributed by atoms with Gasteiger partial charge in [0.05, 0.1) is 46.6 Å². The van der Waals surface area contributed by atoms with Crippen molar-refractivity contribution in [2.45, 2.75) is 13.0 Å². The fraction of sp³-hybridized carbons (Fsp3) is 0.300. The lowest BCUT2D eigenvalue weighted by Gasteiger charge is -2.18. The van der Waals surface area contributed by atoms with Crippen LogP contribution in [0.25, 0.3) is 6.08 Å². The molecule has 1 aromatic carbocycles. The summed E-state index contributed by atoms with van der Waals surface area (Å²) < 4.78 is 21.2. The molecule has 0 spiro atoms. The molecule has 0 unspecified atom stereocenters. The van der Waals surface area contributed by atoms with E-state index >= 15 is 0 Å². The first-order chi connectivity index (χ1) is 13.1. The van der Waals surface area contributed by atoms with E-state index in [9.17, 15) is 4.79 Å². The van der Waals surface area contributed by atoms with Crippen LogP contribution in [-0.4, -0.2) is 38.7 Å². The van der Waals surface area contributed by atoms with Crippen LogP contribution in [0.1, 0.15) is 17.7 Å². The van der Waals surface area contributed by atoms with Gasteiger partial charge in [0.1, 0.15) is 5.76 Å². The molecule has 7 nitrogen and oxygen atoms in total. The SMILES string of the molecule is COc1cc(/C=C/C(=O)N(CCC#N)Cc2ccco2)cc(OC)c1OC. The normalized spacial score (nSPS) is 10.4. The lowest BCUT2D eigenvalue weighted by atomic mass is 10.1. The zero-order chi connectivity index (χ0) is 19.6. The van der Waals surface area contributed by atoms with Crippen LogP contribution in [0.2, 0.25) is 0 Å². The van der Waals surface area contributed by atoms with E-state index in [4.69, 9.17) is 23.9 Å². The number of carbonyl (C=O) groups excluding carboxylic acids is 1. The van der Waals surface area contributed by atoms with Gasteiger partial charge in [0, 0.05) is 12.6 Å². The predicted octanol–water partition coefficient (Wildman–Crippen LogP) is 3.26. The zero-order valence-electron chi connectivity index (χ0n) is 15.6. The van der Waals surface area contributed by atoms with Gasteiger partial charge >= 0.3 is 0 Å². The van der Waals surface area contributed by atoms with Crippen molar-refractivity contribution in [3.05, 3.63) is 47.9 Å². The molecule has 0 N–H and O–H groups in total. The van der Waals surface area contributed by atoms with Crippen LogP contribution in [0, 0.1) is 11.3 Å². The van der Waals surface area contributed by atoms with Crippen LogP contribution in [0.4, 0.5) is 0 Å². The minimum absolute atomic E-state index is 0.226. The first kappa shape index (κ1) is 19.9. The van der Waals surface area contributed by atoms with Crippen LogP contribution < -0.4 is 14.2 Å². The van der Waals surface area contributed by atoms with Gasteiger partial charge in [-0.15, -0.1) is 0 Å². The Bertz CT molecular complexity index is 796. The predicted molar refractivity (Wildman–Crippen MR) is 99.5 cm³/mol. The van der Waals surface area contributed by atoms with Crippen LogP contribution in [-0.2, 0) is 11.3 Å². The van der Waals surface area contributed by atoms with Crippen molar-refractivity contribution >= 4 is 12.0 Å². The summed E-state index contributed by atoms with van der Waals surface area (Å²) in [5, 5.41) is 8.83. The average molecular weight is 370 g/mol. The Morgan fingerprint density at radius 3 is 2.44 bits per heavy atom. The van der Waals surface area contributed by atoms with Gasteiger partial charge in [-0.2, -0.15) is 5.26 Å². The van der Waals surface area contributed by atoms with Crippen molar-refractivity contribution in [1.29, 1.82) is 5.26 Å². The summed E-state index contributed by atoms with van der Waals surface area (Å²) in [5.74, 6) is 1.91. The molecule has 2 rings (SSSR count). The molecule has 0 bridgehead atoms.